The monoisotopic (exact) mass is 227 g/mol. The molecule has 2 heteroatoms. The highest BCUT2D eigenvalue weighted by Crippen LogP contribution is 2.24. The number of hydrogen-bond donors (Lipinski definition) is 1. The minimum Gasteiger partial charge on any atom is -0.382 e. The average Bonchev–Trinajstić information content (AvgIpc) is 2.71. The van der Waals surface area contributed by atoms with Crippen molar-refractivity contribution >= 4 is 5.69 Å². The van der Waals surface area contributed by atoms with Gasteiger partial charge in [0.05, 0.1) is 0 Å². The molecule has 1 nitrogen and oxygen atoms in total. The molecule has 0 bridgehead atoms. The molecule has 2 aromatic carbocycles. The van der Waals surface area contributed by atoms with E-state index in [2.05, 4.69) is 29.6 Å². The predicted octanol–water partition coefficient (Wildman–Crippen LogP) is 3.41. The highest BCUT2D eigenvalue weighted by Gasteiger charge is 2.20. The number of rotatable bonds is 2. The molecule has 2 aromatic rings. The van der Waals surface area contributed by atoms with Gasteiger partial charge in [0.1, 0.15) is 5.82 Å². The van der Waals surface area contributed by atoms with E-state index in [0.29, 0.717) is 6.04 Å². The van der Waals surface area contributed by atoms with Gasteiger partial charge in [-0.3, -0.25) is 0 Å². The number of hydrogen-bond acceptors (Lipinski definition) is 1. The Morgan fingerprint density at radius 1 is 0.941 bits per heavy atom. The predicted molar refractivity (Wildman–Crippen MR) is 67.7 cm³/mol. The molecule has 0 fully saturated rings. The maximum atomic E-state index is 13.1. The summed E-state index contributed by atoms with van der Waals surface area (Å²) in [6.45, 7) is 0. The molecule has 1 N–H and O–H groups in total. The zero-order valence-electron chi connectivity index (χ0n) is 9.49. The maximum Gasteiger partial charge on any atom is 0.125 e. The molecule has 3 rings (SSSR count). The highest BCUT2D eigenvalue weighted by molar-refractivity contribution is 5.46. The van der Waals surface area contributed by atoms with Gasteiger partial charge < -0.3 is 5.32 Å². The first-order valence-electron chi connectivity index (χ1n) is 5.90. The fraction of sp³-hybridized carbons (Fsp3) is 0.200. The van der Waals surface area contributed by atoms with Crippen molar-refractivity contribution in [3.05, 3.63) is 65.5 Å². The van der Waals surface area contributed by atoms with Crippen LogP contribution < -0.4 is 5.32 Å². The Balaban J connectivity index is 1.74. The van der Waals surface area contributed by atoms with Crippen LogP contribution in [-0.4, -0.2) is 6.04 Å². The van der Waals surface area contributed by atoms with Crippen LogP contribution in [0.1, 0.15) is 11.1 Å². The van der Waals surface area contributed by atoms with Gasteiger partial charge in [-0.05, 0) is 42.2 Å². The molecule has 0 spiro atoms. The summed E-state index contributed by atoms with van der Waals surface area (Å²) in [5.74, 6) is -0.189. The fourth-order valence-electron chi connectivity index (χ4n) is 2.47. The van der Waals surface area contributed by atoms with Crippen LogP contribution in [0.15, 0.2) is 48.5 Å². The van der Waals surface area contributed by atoms with Crippen LogP contribution in [0.5, 0.6) is 0 Å². The molecule has 1 aliphatic carbocycles. The number of anilines is 1. The van der Waals surface area contributed by atoms with Crippen molar-refractivity contribution in [1.29, 1.82) is 0 Å². The minimum atomic E-state index is -0.189. The molecule has 0 heterocycles. The van der Waals surface area contributed by atoms with E-state index in [4.69, 9.17) is 0 Å². The van der Waals surface area contributed by atoms with E-state index in [0.717, 1.165) is 18.5 Å². The number of halogens is 1. The van der Waals surface area contributed by atoms with E-state index in [1.807, 2.05) is 6.07 Å². The van der Waals surface area contributed by atoms with Gasteiger partial charge in [-0.2, -0.15) is 0 Å². The molecule has 1 aliphatic rings. The van der Waals surface area contributed by atoms with Gasteiger partial charge in [0.25, 0.3) is 0 Å². The van der Waals surface area contributed by atoms with Crippen molar-refractivity contribution in [1.82, 2.24) is 0 Å². The molecular weight excluding hydrogens is 213 g/mol. The van der Waals surface area contributed by atoms with Gasteiger partial charge >= 0.3 is 0 Å². The van der Waals surface area contributed by atoms with Crippen LogP contribution >= 0.6 is 0 Å². The smallest absolute Gasteiger partial charge is 0.125 e. The first-order valence-corrected chi connectivity index (χ1v) is 5.90. The van der Waals surface area contributed by atoms with E-state index in [-0.39, 0.29) is 5.82 Å². The van der Waals surface area contributed by atoms with E-state index in [1.54, 1.807) is 12.1 Å². The SMILES string of the molecule is Fc1cccc(NC2Cc3ccccc3C2)c1. The summed E-state index contributed by atoms with van der Waals surface area (Å²) in [7, 11) is 0. The molecule has 0 amide bonds. The molecule has 0 aliphatic heterocycles. The normalized spacial score (nSPS) is 14.6. The molecule has 0 radical (unpaired) electrons. The lowest BCUT2D eigenvalue weighted by Gasteiger charge is -2.13. The molecule has 0 saturated heterocycles. The summed E-state index contributed by atoms with van der Waals surface area (Å²) in [5.41, 5.74) is 3.67. The van der Waals surface area contributed by atoms with Crippen LogP contribution in [0.3, 0.4) is 0 Å². The third-order valence-corrected chi connectivity index (χ3v) is 3.25. The molecule has 86 valence electrons. The maximum absolute atomic E-state index is 13.1. The van der Waals surface area contributed by atoms with Crippen LogP contribution in [0.25, 0.3) is 0 Å². The lowest BCUT2D eigenvalue weighted by Crippen LogP contribution is -2.19. The van der Waals surface area contributed by atoms with Crippen LogP contribution in [-0.2, 0) is 12.8 Å². The summed E-state index contributed by atoms with van der Waals surface area (Å²) >= 11 is 0. The standard InChI is InChI=1S/C15H14FN/c16-13-6-3-7-14(10-13)17-15-8-11-4-1-2-5-12(11)9-15/h1-7,10,15,17H,8-9H2. The second-order valence-electron chi connectivity index (χ2n) is 4.53. The number of fused-ring (bicyclic) bond motifs is 1. The largest absolute Gasteiger partial charge is 0.382 e. The second-order valence-corrected chi connectivity index (χ2v) is 4.53. The van der Waals surface area contributed by atoms with Gasteiger partial charge in [-0.15, -0.1) is 0 Å². The molecule has 0 saturated carbocycles. The van der Waals surface area contributed by atoms with E-state index >= 15 is 0 Å². The average molecular weight is 227 g/mol. The van der Waals surface area contributed by atoms with Gasteiger partial charge in [-0.25, -0.2) is 4.39 Å². The zero-order chi connectivity index (χ0) is 11.7. The summed E-state index contributed by atoms with van der Waals surface area (Å²) < 4.78 is 13.1. The van der Waals surface area contributed by atoms with Crippen LogP contribution in [0, 0.1) is 5.82 Å². The van der Waals surface area contributed by atoms with Crippen LogP contribution in [0.2, 0.25) is 0 Å². The lowest BCUT2D eigenvalue weighted by molar-refractivity contribution is 0.627. The molecule has 17 heavy (non-hydrogen) atoms. The summed E-state index contributed by atoms with van der Waals surface area (Å²) in [5, 5.41) is 3.39. The Kier molecular flexibility index (Phi) is 2.56. The fourth-order valence-corrected chi connectivity index (χ4v) is 2.47. The van der Waals surface area contributed by atoms with Crippen molar-refractivity contribution in [3.8, 4) is 0 Å². The van der Waals surface area contributed by atoms with Gasteiger partial charge in [0.15, 0.2) is 0 Å². The minimum absolute atomic E-state index is 0.189. The molecule has 0 aromatic heterocycles. The summed E-state index contributed by atoms with van der Waals surface area (Å²) in [6, 6.07) is 15.5. The Hall–Kier alpha value is -1.83. The quantitative estimate of drug-likeness (QED) is 0.829. The van der Waals surface area contributed by atoms with Gasteiger partial charge in [0, 0.05) is 11.7 Å². The second kappa shape index (κ2) is 4.21. The Morgan fingerprint density at radius 3 is 2.29 bits per heavy atom. The third-order valence-electron chi connectivity index (χ3n) is 3.25. The first kappa shape index (κ1) is 10.3. The number of nitrogens with one attached hydrogen (secondary N) is 1. The van der Waals surface area contributed by atoms with E-state index in [1.165, 1.54) is 17.2 Å². The van der Waals surface area contributed by atoms with Crippen molar-refractivity contribution in [3.63, 3.8) is 0 Å². The molecule has 0 atom stereocenters. The van der Waals surface area contributed by atoms with Gasteiger partial charge in [-0.1, -0.05) is 30.3 Å². The molecular formula is C15H14FN. The van der Waals surface area contributed by atoms with Crippen molar-refractivity contribution < 1.29 is 4.39 Å². The molecule has 0 unspecified atom stereocenters. The zero-order valence-corrected chi connectivity index (χ0v) is 9.49. The van der Waals surface area contributed by atoms with Crippen molar-refractivity contribution in [2.45, 2.75) is 18.9 Å². The highest BCUT2D eigenvalue weighted by atomic mass is 19.1. The summed E-state index contributed by atoms with van der Waals surface area (Å²) in [4.78, 5) is 0. The van der Waals surface area contributed by atoms with Crippen molar-refractivity contribution in [2.24, 2.45) is 0 Å². The van der Waals surface area contributed by atoms with Crippen LogP contribution in [0.4, 0.5) is 10.1 Å². The van der Waals surface area contributed by atoms with E-state index < -0.39 is 0 Å². The summed E-state index contributed by atoms with van der Waals surface area (Å²) in [6.07, 6.45) is 2.04. The number of benzene rings is 2. The Morgan fingerprint density at radius 2 is 1.65 bits per heavy atom. The van der Waals surface area contributed by atoms with Gasteiger partial charge in [0.2, 0.25) is 0 Å². The van der Waals surface area contributed by atoms with Crippen molar-refractivity contribution in [2.75, 3.05) is 5.32 Å². The Labute approximate surface area is 100 Å². The third kappa shape index (κ3) is 2.16. The lowest BCUT2D eigenvalue weighted by atomic mass is 10.1. The Bertz CT molecular complexity index is 511. The topological polar surface area (TPSA) is 12.0 Å². The first-order chi connectivity index (χ1) is 8.31. The van der Waals surface area contributed by atoms with E-state index in [9.17, 15) is 4.39 Å².